The molecule has 0 aliphatic heterocycles. The Morgan fingerprint density at radius 3 is 3.13 bits per heavy atom. The quantitative estimate of drug-likeness (QED) is 0.762. The number of hydrogen-bond acceptors (Lipinski definition) is 2. The fourth-order valence-electron chi connectivity index (χ4n) is 2.17. The van der Waals surface area contributed by atoms with Crippen LogP contribution in [0, 0.1) is 0 Å². The number of pyridine rings is 1. The van der Waals surface area contributed by atoms with E-state index in [0.29, 0.717) is 5.56 Å². The van der Waals surface area contributed by atoms with Crippen LogP contribution in [0.2, 0.25) is 0 Å². The number of nitrogens with zero attached hydrogens (tertiary/aromatic N) is 2. The molecule has 3 rings (SSSR count). The molecule has 4 nitrogen and oxygen atoms in total. The maximum Gasteiger partial charge on any atom is 0.335 e. The van der Waals surface area contributed by atoms with Crippen LogP contribution in [0.15, 0.2) is 18.3 Å². The Labute approximate surface area is 86.2 Å². The molecule has 0 fully saturated rings. The van der Waals surface area contributed by atoms with Crippen molar-refractivity contribution in [2.75, 3.05) is 0 Å². The maximum absolute atomic E-state index is 10.8. The number of carbonyl (C=O) groups is 1. The molecular formula is C11H10N2O2. The third-order valence-electron chi connectivity index (χ3n) is 2.88. The van der Waals surface area contributed by atoms with Gasteiger partial charge in [-0.1, -0.05) is 0 Å². The van der Waals surface area contributed by atoms with E-state index in [9.17, 15) is 4.79 Å². The number of aromatic nitrogens is 2. The van der Waals surface area contributed by atoms with Gasteiger partial charge in [-0.25, -0.2) is 9.78 Å². The van der Waals surface area contributed by atoms with Crippen molar-refractivity contribution in [1.82, 2.24) is 9.38 Å². The van der Waals surface area contributed by atoms with Crippen LogP contribution in [-0.4, -0.2) is 20.5 Å². The number of aryl methyl sites for hydroxylation is 2. The van der Waals surface area contributed by atoms with Crippen molar-refractivity contribution in [2.24, 2.45) is 0 Å². The zero-order chi connectivity index (χ0) is 10.4. The Morgan fingerprint density at radius 1 is 1.47 bits per heavy atom. The topological polar surface area (TPSA) is 54.6 Å². The van der Waals surface area contributed by atoms with Crippen molar-refractivity contribution >= 4 is 11.6 Å². The minimum atomic E-state index is -0.902. The van der Waals surface area contributed by atoms with Gasteiger partial charge in [0.2, 0.25) is 0 Å². The van der Waals surface area contributed by atoms with Crippen molar-refractivity contribution in [3.05, 3.63) is 35.3 Å². The molecule has 2 heterocycles. The van der Waals surface area contributed by atoms with Gasteiger partial charge >= 0.3 is 5.97 Å². The molecule has 1 N–H and O–H groups in total. The van der Waals surface area contributed by atoms with Gasteiger partial charge in [0.05, 0.1) is 11.3 Å². The molecule has 0 radical (unpaired) electrons. The lowest BCUT2D eigenvalue weighted by Crippen LogP contribution is -1.98. The standard InChI is InChI=1S/C11H10N2O2/c14-11(15)7-4-5-13-9-3-1-2-8(9)12-10(13)6-7/h4-6H,1-3H2,(H,14,15). The lowest BCUT2D eigenvalue weighted by molar-refractivity contribution is 0.0697. The molecule has 0 atom stereocenters. The van der Waals surface area contributed by atoms with Gasteiger partial charge in [-0.05, 0) is 31.4 Å². The Balaban J connectivity index is 2.26. The molecule has 0 amide bonds. The summed E-state index contributed by atoms with van der Waals surface area (Å²) in [5, 5.41) is 8.85. The SMILES string of the molecule is O=C(O)c1ccn2c3c(nc2c1)CCC3. The molecule has 76 valence electrons. The molecule has 0 saturated heterocycles. The molecule has 0 saturated carbocycles. The summed E-state index contributed by atoms with van der Waals surface area (Å²) in [6, 6.07) is 3.25. The smallest absolute Gasteiger partial charge is 0.335 e. The number of fused-ring (bicyclic) bond motifs is 3. The Hall–Kier alpha value is -1.84. The van der Waals surface area contributed by atoms with Gasteiger partial charge in [0.25, 0.3) is 0 Å². The number of imidazole rings is 1. The van der Waals surface area contributed by atoms with Crippen LogP contribution in [-0.2, 0) is 12.8 Å². The summed E-state index contributed by atoms with van der Waals surface area (Å²) in [6.07, 6.45) is 5.01. The summed E-state index contributed by atoms with van der Waals surface area (Å²) in [6.45, 7) is 0. The van der Waals surface area contributed by atoms with Crippen LogP contribution in [0.3, 0.4) is 0 Å². The summed E-state index contributed by atoms with van der Waals surface area (Å²) in [7, 11) is 0. The molecule has 2 aromatic heterocycles. The second kappa shape index (κ2) is 2.82. The van der Waals surface area contributed by atoms with Crippen molar-refractivity contribution in [2.45, 2.75) is 19.3 Å². The van der Waals surface area contributed by atoms with Crippen molar-refractivity contribution in [3.8, 4) is 0 Å². The van der Waals surface area contributed by atoms with Gasteiger partial charge in [-0.15, -0.1) is 0 Å². The van der Waals surface area contributed by atoms with Crippen LogP contribution >= 0.6 is 0 Å². The van der Waals surface area contributed by atoms with Gasteiger partial charge in [-0.3, -0.25) is 0 Å². The number of hydrogen-bond donors (Lipinski definition) is 1. The fourth-order valence-corrected chi connectivity index (χ4v) is 2.17. The van der Waals surface area contributed by atoms with E-state index in [1.165, 1.54) is 5.69 Å². The Bertz CT molecular complexity index is 557. The van der Waals surface area contributed by atoms with Crippen molar-refractivity contribution in [1.29, 1.82) is 0 Å². The highest BCUT2D eigenvalue weighted by molar-refractivity contribution is 5.88. The van der Waals surface area contributed by atoms with Crippen molar-refractivity contribution < 1.29 is 9.90 Å². The molecule has 4 heteroatoms. The summed E-state index contributed by atoms with van der Waals surface area (Å²) in [5.41, 5.74) is 3.41. The van der Waals surface area contributed by atoms with Crippen LogP contribution in [0.4, 0.5) is 0 Å². The molecule has 15 heavy (non-hydrogen) atoms. The summed E-state index contributed by atoms with van der Waals surface area (Å²) < 4.78 is 1.99. The molecule has 0 aromatic carbocycles. The summed E-state index contributed by atoms with van der Waals surface area (Å²) in [5.74, 6) is -0.902. The van der Waals surface area contributed by atoms with Gasteiger partial charge in [0, 0.05) is 11.9 Å². The third-order valence-corrected chi connectivity index (χ3v) is 2.88. The zero-order valence-corrected chi connectivity index (χ0v) is 8.10. The maximum atomic E-state index is 10.8. The largest absolute Gasteiger partial charge is 0.478 e. The van der Waals surface area contributed by atoms with Crippen LogP contribution in [0.5, 0.6) is 0 Å². The third kappa shape index (κ3) is 1.14. The second-order valence-electron chi connectivity index (χ2n) is 3.81. The minimum Gasteiger partial charge on any atom is -0.478 e. The first-order valence-corrected chi connectivity index (χ1v) is 4.99. The predicted molar refractivity (Wildman–Crippen MR) is 54.2 cm³/mol. The van der Waals surface area contributed by atoms with E-state index in [2.05, 4.69) is 4.98 Å². The monoisotopic (exact) mass is 202 g/mol. The highest BCUT2D eigenvalue weighted by Crippen LogP contribution is 2.23. The lowest BCUT2D eigenvalue weighted by atomic mass is 10.2. The van der Waals surface area contributed by atoms with Gasteiger partial charge in [0.15, 0.2) is 0 Å². The van der Waals surface area contributed by atoms with E-state index in [1.54, 1.807) is 18.3 Å². The van der Waals surface area contributed by atoms with Gasteiger partial charge in [-0.2, -0.15) is 0 Å². The van der Waals surface area contributed by atoms with E-state index in [4.69, 9.17) is 5.11 Å². The summed E-state index contributed by atoms with van der Waals surface area (Å²) >= 11 is 0. The highest BCUT2D eigenvalue weighted by atomic mass is 16.4. The number of rotatable bonds is 1. The number of aromatic carboxylic acids is 1. The molecule has 0 spiro atoms. The molecule has 1 aliphatic rings. The minimum absolute atomic E-state index is 0.297. The van der Waals surface area contributed by atoms with Crippen LogP contribution in [0.1, 0.15) is 28.2 Å². The Kier molecular flexibility index (Phi) is 1.59. The molecular weight excluding hydrogens is 192 g/mol. The van der Waals surface area contributed by atoms with E-state index >= 15 is 0 Å². The van der Waals surface area contributed by atoms with Crippen LogP contribution in [0.25, 0.3) is 5.65 Å². The number of carboxylic acid groups (broad SMARTS) is 1. The lowest BCUT2D eigenvalue weighted by Gasteiger charge is -1.99. The highest BCUT2D eigenvalue weighted by Gasteiger charge is 2.18. The van der Waals surface area contributed by atoms with E-state index < -0.39 is 5.97 Å². The second-order valence-corrected chi connectivity index (χ2v) is 3.81. The summed E-state index contributed by atoms with van der Waals surface area (Å²) in [4.78, 5) is 15.2. The first-order chi connectivity index (χ1) is 7.25. The average molecular weight is 202 g/mol. The van der Waals surface area contributed by atoms with Gasteiger partial charge < -0.3 is 9.51 Å². The van der Waals surface area contributed by atoms with Crippen LogP contribution < -0.4 is 0 Å². The van der Waals surface area contributed by atoms with E-state index in [-0.39, 0.29) is 0 Å². The molecule has 1 aliphatic carbocycles. The molecule has 2 aromatic rings. The fraction of sp³-hybridized carbons (Fsp3) is 0.273. The van der Waals surface area contributed by atoms with Gasteiger partial charge in [0.1, 0.15) is 5.65 Å². The predicted octanol–water partition coefficient (Wildman–Crippen LogP) is 1.52. The zero-order valence-electron chi connectivity index (χ0n) is 8.10. The first-order valence-electron chi connectivity index (χ1n) is 4.99. The average Bonchev–Trinajstić information content (AvgIpc) is 2.75. The normalized spacial score (nSPS) is 14.4. The Morgan fingerprint density at radius 2 is 2.33 bits per heavy atom. The molecule has 0 unspecified atom stereocenters. The van der Waals surface area contributed by atoms with E-state index in [1.807, 2.05) is 4.40 Å². The van der Waals surface area contributed by atoms with Crippen molar-refractivity contribution in [3.63, 3.8) is 0 Å². The number of carboxylic acids is 1. The first kappa shape index (κ1) is 8.47. The van der Waals surface area contributed by atoms with E-state index in [0.717, 1.165) is 30.6 Å². The molecule has 0 bridgehead atoms.